The highest BCUT2D eigenvalue weighted by Gasteiger charge is 2.14. The van der Waals surface area contributed by atoms with E-state index < -0.39 is 16.1 Å². The molecule has 0 bridgehead atoms. The Morgan fingerprint density at radius 2 is 1.24 bits per heavy atom. The summed E-state index contributed by atoms with van der Waals surface area (Å²) >= 11 is 0. The number of hydrogen-bond acceptors (Lipinski definition) is 5. The second-order valence-electron chi connectivity index (χ2n) is 7.42. The van der Waals surface area contributed by atoms with E-state index in [1.165, 1.54) is 38.5 Å². The largest absolute Gasteiger partial charge is 0.480 e. The number of hydrogen-bond donors (Lipinski definition) is 1. The Balaban J connectivity index is 1.88. The normalized spacial score (nSPS) is 11.6. The third kappa shape index (κ3) is 13.4. The molecule has 6 nitrogen and oxygen atoms in total. The van der Waals surface area contributed by atoms with Crippen LogP contribution >= 0.6 is 0 Å². The van der Waals surface area contributed by atoms with Crippen molar-refractivity contribution in [1.29, 1.82) is 0 Å². The maximum atomic E-state index is 12.1. The molecule has 0 unspecified atom stereocenters. The number of aliphatic carboxylic acids is 1. The van der Waals surface area contributed by atoms with Gasteiger partial charge in [-0.15, -0.1) is 0 Å². The van der Waals surface area contributed by atoms with E-state index in [0.29, 0.717) is 6.61 Å². The topological polar surface area (TPSA) is 89.9 Å². The number of carbonyl (C=O) groups is 1. The first kappa shape index (κ1) is 25.6. The van der Waals surface area contributed by atoms with Crippen molar-refractivity contribution < 1.29 is 27.2 Å². The number of benzene rings is 1. The highest BCUT2D eigenvalue weighted by molar-refractivity contribution is 7.86. The minimum absolute atomic E-state index is 0.200. The van der Waals surface area contributed by atoms with Crippen molar-refractivity contribution in [2.75, 3.05) is 19.8 Å². The van der Waals surface area contributed by atoms with Crippen LogP contribution in [0.3, 0.4) is 0 Å². The fourth-order valence-electron chi connectivity index (χ4n) is 3.00. The second kappa shape index (κ2) is 15.4. The van der Waals surface area contributed by atoms with Crippen LogP contribution in [0.5, 0.6) is 0 Å². The third-order valence-electron chi connectivity index (χ3n) is 4.71. The molecule has 0 radical (unpaired) electrons. The summed E-state index contributed by atoms with van der Waals surface area (Å²) in [6.45, 7) is 2.49. The highest BCUT2D eigenvalue weighted by atomic mass is 32.2. The van der Waals surface area contributed by atoms with Crippen molar-refractivity contribution in [2.24, 2.45) is 0 Å². The van der Waals surface area contributed by atoms with Crippen molar-refractivity contribution in [3.63, 3.8) is 0 Å². The molecule has 0 aromatic heterocycles. The summed E-state index contributed by atoms with van der Waals surface area (Å²) in [5, 5.41) is 8.44. The van der Waals surface area contributed by atoms with Gasteiger partial charge in [0.05, 0.1) is 11.5 Å². The van der Waals surface area contributed by atoms with Crippen molar-refractivity contribution in [3.05, 3.63) is 29.8 Å². The van der Waals surface area contributed by atoms with Crippen molar-refractivity contribution in [3.8, 4) is 0 Å². The van der Waals surface area contributed by atoms with E-state index in [4.69, 9.17) is 14.0 Å². The molecule has 7 heteroatoms. The molecule has 166 valence electrons. The van der Waals surface area contributed by atoms with Crippen LogP contribution in [0.4, 0.5) is 0 Å². The van der Waals surface area contributed by atoms with Gasteiger partial charge in [0, 0.05) is 6.61 Å². The smallest absolute Gasteiger partial charge is 0.329 e. The Morgan fingerprint density at radius 1 is 0.793 bits per heavy atom. The van der Waals surface area contributed by atoms with Gasteiger partial charge < -0.3 is 9.84 Å². The quantitative estimate of drug-likeness (QED) is 0.259. The molecule has 0 aliphatic carbocycles. The molecule has 0 aliphatic rings. The molecule has 1 N–H and O–H groups in total. The summed E-state index contributed by atoms with van der Waals surface area (Å²) in [7, 11) is -3.63. The van der Waals surface area contributed by atoms with Gasteiger partial charge in [-0.3, -0.25) is 4.18 Å². The summed E-state index contributed by atoms with van der Waals surface area (Å²) in [5.41, 5.74) is 1.02. The molecule has 29 heavy (non-hydrogen) atoms. The van der Waals surface area contributed by atoms with E-state index in [9.17, 15) is 13.2 Å². The van der Waals surface area contributed by atoms with E-state index in [-0.39, 0.29) is 18.1 Å². The van der Waals surface area contributed by atoms with Gasteiger partial charge in [0.15, 0.2) is 0 Å². The number of carboxylic acid groups (broad SMARTS) is 1. The monoisotopic (exact) mass is 428 g/mol. The molecule has 0 amide bonds. The second-order valence-corrected chi connectivity index (χ2v) is 9.04. The fraction of sp³-hybridized carbons (Fsp3) is 0.682. The lowest BCUT2D eigenvalue weighted by Crippen LogP contribution is -2.07. The maximum absolute atomic E-state index is 12.1. The van der Waals surface area contributed by atoms with Crippen LogP contribution in [0.25, 0.3) is 0 Å². The number of aryl methyl sites for hydroxylation is 1. The highest BCUT2D eigenvalue weighted by Crippen LogP contribution is 2.15. The lowest BCUT2D eigenvalue weighted by atomic mass is 10.1. The minimum atomic E-state index is -3.63. The standard InChI is InChI=1S/C22H36O6S/c1-20-13-15-21(16-14-20)29(25,26)28-18-12-10-8-6-4-2-3-5-7-9-11-17-27-19-22(23)24/h13-16H,2-12,17-19H2,1H3,(H,23,24). The van der Waals surface area contributed by atoms with Crippen LogP contribution in [-0.2, 0) is 23.8 Å². The molecule has 0 saturated carbocycles. The molecular formula is C22H36O6S. The SMILES string of the molecule is Cc1ccc(S(=O)(=O)OCCCCCCCCCCCCCOCC(=O)O)cc1. The molecule has 0 atom stereocenters. The average Bonchev–Trinajstić information content (AvgIpc) is 2.67. The molecule has 0 saturated heterocycles. The zero-order valence-electron chi connectivity index (χ0n) is 17.6. The van der Waals surface area contributed by atoms with E-state index in [2.05, 4.69) is 0 Å². The number of ether oxygens (including phenoxy) is 1. The van der Waals surface area contributed by atoms with Gasteiger partial charge in [-0.1, -0.05) is 75.5 Å². The molecular weight excluding hydrogens is 392 g/mol. The molecule has 0 fully saturated rings. The summed E-state index contributed by atoms with van der Waals surface area (Å²) in [4.78, 5) is 10.5. The van der Waals surface area contributed by atoms with Gasteiger partial charge in [-0.25, -0.2) is 4.79 Å². The summed E-state index contributed by atoms with van der Waals surface area (Å²) in [6.07, 6.45) is 12.1. The predicted octanol–water partition coefficient (Wildman–Crippen LogP) is 5.09. The van der Waals surface area contributed by atoms with Gasteiger partial charge in [-0.05, 0) is 31.9 Å². The van der Waals surface area contributed by atoms with E-state index in [1.807, 2.05) is 6.92 Å². The third-order valence-corrected chi connectivity index (χ3v) is 6.03. The van der Waals surface area contributed by atoms with Gasteiger partial charge in [-0.2, -0.15) is 8.42 Å². The van der Waals surface area contributed by atoms with E-state index in [1.54, 1.807) is 24.3 Å². The summed E-state index contributed by atoms with van der Waals surface area (Å²) < 4.78 is 34.2. The van der Waals surface area contributed by atoms with Crippen LogP contribution in [0.2, 0.25) is 0 Å². The Labute approximate surface area is 175 Å². The Kier molecular flexibility index (Phi) is 13.6. The van der Waals surface area contributed by atoms with Crippen molar-refractivity contribution in [1.82, 2.24) is 0 Å². The van der Waals surface area contributed by atoms with E-state index >= 15 is 0 Å². The van der Waals surface area contributed by atoms with Gasteiger partial charge in [0.25, 0.3) is 10.1 Å². The molecule has 1 aromatic carbocycles. The lowest BCUT2D eigenvalue weighted by Gasteiger charge is -2.06. The van der Waals surface area contributed by atoms with Crippen LogP contribution in [0.15, 0.2) is 29.2 Å². The van der Waals surface area contributed by atoms with E-state index in [0.717, 1.165) is 37.7 Å². The molecule has 0 aliphatic heterocycles. The van der Waals surface area contributed by atoms with Crippen LogP contribution in [-0.4, -0.2) is 39.3 Å². The maximum Gasteiger partial charge on any atom is 0.329 e. The summed E-state index contributed by atoms with van der Waals surface area (Å²) in [6, 6.07) is 6.70. The van der Waals surface area contributed by atoms with Crippen molar-refractivity contribution in [2.45, 2.75) is 82.4 Å². The predicted molar refractivity (Wildman–Crippen MR) is 114 cm³/mol. The Hall–Kier alpha value is -1.44. The van der Waals surface area contributed by atoms with Crippen LogP contribution in [0, 0.1) is 6.92 Å². The number of rotatable bonds is 18. The number of unbranched alkanes of at least 4 members (excludes halogenated alkanes) is 10. The zero-order valence-corrected chi connectivity index (χ0v) is 18.4. The minimum Gasteiger partial charge on any atom is -0.480 e. The zero-order chi connectivity index (χ0) is 21.4. The number of carboxylic acids is 1. The fourth-order valence-corrected chi connectivity index (χ4v) is 3.94. The van der Waals surface area contributed by atoms with Gasteiger partial charge in [0.2, 0.25) is 0 Å². The van der Waals surface area contributed by atoms with Crippen LogP contribution < -0.4 is 0 Å². The summed E-state index contributed by atoms with van der Waals surface area (Å²) in [5.74, 6) is -0.912. The molecule has 1 rings (SSSR count). The Bertz CT molecular complexity index is 654. The van der Waals surface area contributed by atoms with Gasteiger partial charge >= 0.3 is 5.97 Å². The average molecular weight is 429 g/mol. The first-order valence-corrected chi connectivity index (χ1v) is 12.1. The van der Waals surface area contributed by atoms with Crippen molar-refractivity contribution >= 4 is 16.1 Å². The Morgan fingerprint density at radius 3 is 1.72 bits per heavy atom. The first-order chi connectivity index (χ1) is 13.9. The molecule has 1 aromatic rings. The van der Waals surface area contributed by atoms with Gasteiger partial charge in [0.1, 0.15) is 6.61 Å². The lowest BCUT2D eigenvalue weighted by molar-refractivity contribution is -0.142. The van der Waals surface area contributed by atoms with Crippen LogP contribution in [0.1, 0.15) is 76.2 Å². The first-order valence-electron chi connectivity index (χ1n) is 10.7. The molecule has 0 heterocycles. The molecule has 0 spiro atoms.